The molecule has 0 spiro atoms. The van der Waals surface area contributed by atoms with Crippen molar-refractivity contribution in [1.82, 2.24) is 5.32 Å². The number of likely N-dealkylation sites (N-methyl/N-ethyl adjacent to an activating group) is 1. The zero-order valence-electron chi connectivity index (χ0n) is 53.5. The van der Waals surface area contributed by atoms with E-state index in [4.69, 9.17) is 13.8 Å². The minimum Gasteiger partial charge on any atom is -0.756 e. The first-order chi connectivity index (χ1) is 39.4. The summed E-state index contributed by atoms with van der Waals surface area (Å²) in [6.45, 7) is 6.78. The fraction of sp³-hybridized carbons (Fsp3) is 0.746. The normalized spacial score (nSPS) is 14.2. The first kappa shape index (κ1) is 77.9. The zero-order chi connectivity index (χ0) is 59.3. The second-order valence-corrected chi connectivity index (χ2v) is 25.0. The molecular weight excluding hydrogens is 1020 g/mol. The Morgan fingerprint density at radius 2 is 0.753 bits per heavy atom. The van der Waals surface area contributed by atoms with Gasteiger partial charge in [-0.2, -0.15) is 0 Å². The van der Waals surface area contributed by atoms with E-state index in [0.717, 1.165) is 116 Å². The lowest BCUT2D eigenvalue weighted by Crippen LogP contribution is -2.47. The van der Waals surface area contributed by atoms with Gasteiger partial charge in [0.1, 0.15) is 19.3 Å². The van der Waals surface area contributed by atoms with Gasteiger partial charge in [0.15, 0.2) is 0 Å². The van der Waals surface area contributed by atoms with Crippen molar-refractivity contribution in [1.29, 1.82) is 0 Å². The molecule has 468 valence electrons. The predicted molar refractivity (Wildman–Crippen MR) is 348 cm³/mol. The smallest absolute Gasteiger partial charge is 0.306 e. The minimum absolute atomic E-state index is 0.0318. The van der Waals surface area contributed by atoms with E-state index in [1.54, 1.807) is 0 Å². The second kappa shape index (κ2) is 60.1. The standard InChI is InChI=1S/C71H127N2O7P/c1-7-10-13-16-19-22-25-28-30-32-34-36-38-40-42-45-48-51-54-57-60-63-70(74)72-68(67-79-81(76,77)78-66-65-73(4,5)6)69(62-59-56-53-50-47-44-27-24-21-18-15-12-9-3)80-71(75)64-61-58-55-52-49-46-43-41-39-37-35-33-31-29-26-23-20-17-14-11-8-2/h19-20,22-23,28-31,34-37,40,42,59,62,68-69H,7-18,21,24-27,32-33,38-39,41,43-58,60-61,63-67H2,1-6H3,(H-,72,74,76,77)/b22-19-,23-20-,30-28-,31-29-,36-34-,37-35-,42-40-,62-59+. The molecule has 81 heavy (non-hydrogen) atoms. The van der Waals surface area contributed by atoms with Crippen LogP contribution in [0.25, 0.3) is 0 Å². The molecule has 0 heterocycles. The summed E-state index contributed by atoms with van der Waals surface area (Å²) in [5.74, 6) is -0.570. The van der Waals surface area contributed by atoms with Crippen molar-refractivity contribution in [2.45, 2.75) is 303 Å². The molecule has 0 aliphatic carbocycles. The number of hydrogen-bond donors (Lipinski definition) is 1. The summed E-state index contributed by atoms with van der Waals surface area (Å²) in [7, 11) is 1.16. The first-order valence-electron chi connectivity index (χ1n) is 33.5. The topological polar surface area (TPSA) is 114 Å². The van der Waals surface area contributed by atoms with Crippen molar-refractivity contribution in [2.75, 3.05) is 40.9 Å². The van der Waals surface area contributed by atoms with Crippen molar-refractivity contribution in [3.63, 3.8) is 0 Å². The number of carbonyl (C=O) groups excluding carboxylic acids is 2. The Morgan fingerprint density at radius 1 is 0.432 bits per heavy atom. The van der Waals surface area contributed by atoms with Gasteiger partial charge in [-0.1, -0.05) is 260 Å². The number of nitrogens with zero attached hydrogens (tertiary/aromatic N) is 1. The van der Waals surface area contributed by atoms with Crippen LogP contribution in [0.5, 0.6) is 0 Å². The molecule has 3 atom stereocenters. The molecular formula is C71H127N2O7P. The summed E-state index contributed by atoms with van der Waals surface area (Å²) in [6.07, 6.45) is 80.8. The van der Waals surface area contributed by atoms with Crippen LogP contribution in [-0.2, 0) is 27.9 Å². The van der Waals surface area contributed by atoms with E-state index in [1.807, 2.05) is 33.3 Å². The number of unbranched alkanes of at least 4 members (excludes halogenated alkanes) is 30. The van der Waals surface area contributed by atoms with Crippen LogP contribution in [0.3, 0.4) is 0 Å². The fourth-order valence-electron chi connectivity index (χ4n) is 9.28. The van der Waals surface area contributed by atoms with Crippen LogP contribution in [0.1, 0.15) is 290 Å². The average molecular weight is 1150 g/mol. The van der Waals surface area contributed by atoms with Crippen LogP contribution in [0, 0.1) is 0 Å². The van der Waals surface area contributed by atoms with Gasteiger partial charge in [0.2, 0.25) is 5.91 Å². The van der Waals surface area contributed by atoms with Crippen molar-refractivity contribution < 1.29 is 37.3 Å². The molecule has 10 heteroatoms. The summed E-state index contributed by atoms with van der Waals surface area (Å²) < 4.78 is 30.4. The maximum absolute atomic E-state index is 13.6. The van der Waals surface area contributed by atoms with Crippen LogP contribution in [0.2, 0.25) is 0 Å². The summed E-state index contributed by atoms with van der Waals surface area (Å²) >= 11 is 0. The van der Waals surface area contributed by atoms with E-state index in [0.29, 0.717) is 23.9 Å². The Labute approximate surface area is 500 Å². The lowest BCUT2D eigenvalue weighted by atomic mass is 10.0. The number of allylic oxidation sites excluding steroid dienone is 15. The second-order valence-electron chi connectivity index (χ2n) is 23.6. The van der Waals surface area contributed by atoms with E-state index in [9.17, 15) is 19.0 Å². The van der Waals surface area contributed by atoms with Gasteiger partial charge < -0.3 is 28.5 Å². The SMILES string of the molecule is CCCCC/C=C\C/C=C\C/C=C\C/C=C\CCCCCCCC(=O)NC(COP(=O)([O-])OCC[N+](C)(C)C)C(/C=C/CCCCCCCCCCCCC)OC(=O)CCCCCCCCCC/C=C\C/C=C\C/C=C\CCCCC. The summed E-state index contributed by atoms with van der Waals surface area (Å²) in [6, 6.07) is -0.908. The maximum Gasteiger partial charge on any atom is 0.306 e. The minimum atomic E-state index is -4.72. The predicted octanol–water partition coefficient (Wildman–Crippen LogP) is 20.5. The zero-order valence-corrected chi connectivity index (χ0v) is 54.4. The van der Waals surface area contributed by atoms with Gasteiger partial charge in [0.25, 0.3) is 7.82 Å². The third-order valence-electron chi connectivity index (χ3n) is 14.5. The highest BCUT2D eigenvalue weighted by atomic mass is 31.2. The Hall–Kier alpha value is -3.07. The van der Waals surface area contributed by atoms with Gasteiger partial charge in [-0.3, -0.25) is 14.2 Å². The molecule has 0 fully saturated rings. The van der Waals surface area contributed by atoms with Crippen LogP contribution >= 0.6 is 7.82 Å². The number of ether oxygens (including phenoxy) is 1. The van der Waals surface area contributed by atoms with Crippen LogP contribution in [0.15, 0.2) is 97.2 Å². The number of phosphoric acid groups is 1. The van der Waals surface area contributed by atoms with Gasteiger partial charge in [-0.05, 0) is 115 Å². The van der Waals surface area contributed by atoms with Crippen LogP contribution < -0.4 is 10.2 Å². The monoisotopic (exact) mass is 1150 g/mol. The van der Waals surface area contributed by atoms with Gasteiger partial charge in [0.05, 0.1) is 33.8 Å². The Kier molecular flexibility index (Phi) is 57.8. The summed E-state index contributed by atoms with van der Waals surface area (Å²) in [4.78, 5) is 40.1. The van der Waals surface area contributed by atoms with Crippen molar-refractivity contribution in [3.8, 4) is 0 Å². The number of esters is 1. The van der Waals surface area contributed by atoms with E-state index in [1.165, 1.54) is 135 Å². The molecule has 0 aromatic carbocycles. The highest BCUT2D eigenvalue weighted by Gasteiger charge is 2.27. The van der Waals surface area contributed by atoms with Crippen molar-refractivity contribution in [3.05, 3.63) is 97.2 Å². The summed E-state index contributed by atoms with van der Waals surface area (Å²) in [5.41, 5.74) is 0. The highest BCUT2D eigenvalue weighted by molar-refractivity contribution is 7.45. The molecule has 0 radical (unpaired) electrons. The number of nitrogens with one attached hydrogen (secondary N) is 1. The fourth-order valence-corrected chi connectivity index (χ4v) is 10.0. The number of quaternary nitrogens is 1. The van der Waals surface area contributed by atoms with Gasteiger partial charge in [0, 0.05) is 12.8 Å². The number of rotatable bonds is 60. The summed E-state index contributed by atoms with van der Waals surface area (Å²) in [5, 5.41) is 3.03. The molecule has 1 amide bonds. The van der Waals surface area contributed by atoms with E-state index < -0.39 is 26.6 Å². The highest BCUT2D eigenvalue weighted by Crippen LogP contribution is 2.38. The van der Waals surface area contributed by atoms with E-state index >= 15 is 0 Å². The molecule has 0 aromatic rings. The molecule has 1 N–H and O–H groups in total. The van der Waals surface area contributed by atoms with Crippen LogP contribution in [-0.4, -0.2) is 69.4 Å². The molecule has 0 aliphatic heterocycles. The number of amides is 1. The molecule has 0 saturated heterocycles. The Bertz CT molecular complexity index is 1710. The number of hydrogen-bond acceptors (Lipinski definition) is 7. The molecule has 0 aromatic heterocycles. The quantitative estimate of drug-likeness (QED) is 0.0212. The molecule has 0 aliphatic rings. The Balaban J connectivity index is 5.27. The maximum atomic E-state index is 13.6. The average Bonchev–Trinajstić information content (AvgIpc) is 3.44. The molecule has 3 unspecified atom stereocenters. The van der Waals surface area contributed by atoms with Gasteiger partial charge in [-0.15, -0.1) is 0 Å². The molecule has 0 rings (SSSR count). The third kappa shape index (κ3) is 61.3. The van der Waals surface area contributed by atoms with Crippen LogP contribution in [0.4, 0.5) is 0 Å². The number of phosphoric ester groups is 1. The Morgan fingerprint density at radius 3 is 1.15 bits per heavy atom. The molecule has 0 bridgehead atoms. The molecule has 9 nitrogen and oxygen atoms in total. The van der Waals surface area contributed by atoms with E-state index in [-0.39, 0.29) is 24.9 Å². The lowest BCUT2D eigenvalue weighted by molar-refractivity contribution is -0.870. The van der Waals surface area contributed by atoms with Crippen molar-refractivity contribution in [2.24, 2.45) is 0 Å². The lowest BCUT2D eigenvalue weighted by Gasteiger charge is -2.30. The van der Waals surface area contributed by atoms with Gasteiger partial charge in [-0.25, -0.2) is 0 Å². The molecule has 0 saturated carbocycles. The van der Waals surface area contributed by atoms with E-state index in [2.05, 4.69) is 111 Å². The largest absolute Gasteiger partial charge is 0.756 e. The third-order valence-corrected chi connectivity index (χ3v) is 15.5. The van der Waals surface area contributed by atoms with Gasteiger partial charge >= 0.3 is 5.97 Å². The number of carbonyl (C=O) groups is 2. The first-order valence-corrected chi connectivity index (χ1v) is 35.0. The van der Waals surface area contributed by atoms with Crippen molar-refractivity contribution >= 4 is 19.7 Å².